The number of rotatable bonds is 6. The number of ketones is 1. The van der Waals surface area contributed by atoms with Crippen molar-refractivity contribution in [1.82, 2.24) is 5.32 Å². The van der Waals surface area contributed by atoms with Gasteiger partial charge < -0.3 is 10.1 Å². The van der Waals surface area contributed by atoms with E-state index in [1.54, 1.807) is 55.5 Å². The fraction of sp³-hybridized carbons (Fsp3) is 0.176. The topological polar surface area (TPSA) is 67.4 Å². The van der Waals surface area contributed by atoms with Crippen LogP contribution in [0.3, 0.4) is 0 Å². The number of hydrogen-bond donors (Lipinski definition) is 2. The average molecular weight is 333 g/mol. The zero-order valence-corrected chi connectivity index (χ0v) is 13.3. The summed E-state index contributed by atoms with van der Waals surface area (Å²) in [5, 5.41) is 5.90. The number of Topliss-reactive ketones (excluding diaryl/α,β-unsaturated/α-hetero) is 1. The highest BCUT2D eigenvalue weighted by Crippen LogP contribution is 2.21. The molecule has 0 radical (unpaired) electrons. The van der Waals surface area contributed by atoms with Crippen molar-refractivity contribution in [2.45, 2.75) is 13.1 Å². The Kier molecular flexibility index (Phi) is 6.00. The number of ether oxygens (including phenoxy) is 1. The highest BCUT2D eigenvalue weighted by molar-refractivity contribution is 6.33. The minimum absolute atomic E-state index is 0.212. The Balaban J connectivity index is 2.23. The molecular weight excluding hydrogens is 316 g/mol. The molecule has 23 heavy (non-hydrogen) atoms. The first-order chi connectivity index (χ1) is 11.1. The molecule has 2 N–H and O–H groups in total. The molecule has 1 atom stereocenters. The van der Waals surface area contributed by atoms with E-state index >= 15 is 0 Å². The van der Waals surface area contributed by atoms with Crippen LogP contribution in [0, 0.1) is 0 Å². The lowest BCUT2D eigenvalue weighted by Gasteiger charge is -2.20. The SMILES string of the molecule is CCOC(=O)N[C@H](Nc1ccccc1Cl)C(=O)c1ccccc1. The molecule has 0 saturated carbocycles. The summed E-state index contributed by atoms with van der Waals surface area (Å²) >= 11 is 6.10. The minimum atomic E-state index is -0.989. The lowest BCUT2D eigenvalue weighted by atomic mass is 10.1. The van der Waals surface area contributed by atoms with E-state index in [9.17, 15) is 9.59 Å². The molecule has 1 amide bonds. The normalized spacial score (nSPS) is 11.4. The van der Waals surface area contributed by atoms with Crippen LogP contribution in [-0.2, 0) is 4.74 Å². The van der Waals surface area contributed by atoms with Crippen molar-refractivity contribution in [3.63, 3.8) is 0 Å². The monoisotopic (exact) mass is 332 g/mol. The van der Waals surface area contributed by atoms with Gasteiger partial charge in [-0.3, -0.25) is 10.1 Å². The smallest absolute Gasteiger partial charge is 0.409 e. The number of hydrogen-bond acceptors (Lipinski definition) is 4. The predicted molar refractivity (Wildman–Crippen MR) is 89.8 cm³/mol. The second kappa shape index (κ2) is 8.19. The number of halogens is 1. The lowest BCUT2D eigenvalue weighted by Crippen LogP contribution is -2.46. The molecule has 0 saturated heterocycles. The molecule has 0 spiro atoms. The Hall–Kier alpha value is -2.53. The summed E-state index contributed by atoms with van der Waals surface area (Å²) in [6, 6.07) is 15.6. The molecule has 2 aromatic carbocycles. The van der Waals surface area contributed by atoms with E-state index in [2.05, 4.69) is 10.6 Å². The number of carbonyl (C=O) groups is 2. The molecular formula is C17H17ClN2O3. The summed E-state index contributed by atoms with van der Waals surface area (Å²) in [4.78, 5) is 24.3. The molecule has 0 fully saturated rings. The first-order valence-electron chi connectivity index (χ1n) is 7.15. The number of para-hydroxylation sites is 1. The van der Waals surface area contributed by atoms with Gasteiger partial charge in [0.05, 0.1) is 17.3 Å². The first kappa shape index (κ1) is 16.8. The van der Waals surface area contributed by atoms with Crippen LogP contribution >= 0.6 is 11.6 Å². The maximum absolute atomic E-state index is 12.6. The molecule has 2 aromatic rings. The summed E-state index contributed by atoms with van der Waals surface area (Å²) in [7, 11) is 0. The van der Waals surface area contributed by atoms with Crippen molar-refractivity contribution in [3.05, 3.63) is 65.2 Å². The second-order valence-corrected chi connectivity index (χ2v) is 5.06. The summed E-state index contributed by atoms with van der Waals surface area (Å²) in [6.07, 6.45) is -1.67. The standard InChI is InChI=1S/C17H17ClN2O3/c1-2-23-17(22)20-16(15(21)12-8-4-3-5-9-12)19-14-11-7-6-10-13(14)18/h3-11,16,19H,2H2,1H3,(H,20,22)/t16-/m0/s1. The molecule has 2 rings (SSSR count). The van der Waals surface area contributed by atoms with Crippen LogP contribution in [0.5, 0.6) is 0 Å². The summed E-state index contributed by atoms with van der Waals surface area (Å²) in [6.45, 7) is 1.90. The quantitative estimate of drug-likeness (QED) is 0.625. The van der Waals surface area contributed by atoms with Crippen molar-refractivity contribution in [2.75, 3.05) is 11.9 Å². The zero-order chi connectivity index (χ0) is 16.7. The number of amides is 1. The van der Waals surface area contributed by atoms with E-state index < -0.39 is 12.3 Å². The van der Waals surface area contributed by atoms with Crippen molar-refractivity contribution >= 4 is 29.2 Å². The van der Waals surface area contributed by atoms with Gasteiger partial charge in [0.25, 0.3) is 0 Å². The molecule has 0 aliphatic carbocycles. The van der Waals surface area contributed by atoms with Gasteiger partial charge >= 0.3 is 6.09 Å². The van der Waals surface area contributed by atoms with E-state index in [1.807, 2.05) is 6.07 Å². The fourth-order valence-corrected chi connectivity index (χ4v) is 2.15. The van der Waals surface area contributed by atoms with E-state index in [-0.39, 0.29) is 12.4 Å². The Bertz CT molecular complexity index is 677. The van der Waals surface area contributed by atoms with Crippen LogP contribution in [0.2, 0.25) is 5.02 Å². The van der Waals surface area contributed by atoms with E-state index in [0.717, 1.165) is 0 Å². The Labute approximate surface area is 139 Å². The van der Waals surface area contributed by atoms with Crippen molar-refractivity contribution in [2.24, 2.45) is 0 Å². The van der Waals surface area contributed by atoms with Crippen LogP contribution in [-0.4, -0.2) is 24.6 Å². The summed E-state index contributed by atoms with van der Waals surface area (Å²) < 4.78 is 4.85. The van der Waals surface area contributed by atoms with E-state index in [4.69, 9.17) is 16.3 Å². The van der Waals surface area contributed by atoms with Crippen molar-refractivity contribution in [3.8, 4) is 0 Å². The van der Waals surface area contributed by atoms with Gasteiger partial charge in [-0.2, -0.15) is 0 Å². The summed E-state index contributed by atoms with van der Waals surface area (Å²) in [5.74, 6) is -0.293. The van der Waals surface area contributed by atoms with Crippen LogP contribution in [0.1, 0.15) is 17.3 Å². The van der Waals surface area contributed by atoms with Gasteiger partial charge in [0.1, 0.15) is 0 Å². The van der Waals surface area contributed by atoms with Gasteiger partial charge in [0.15, 0.2) is 6.17 Å². The molecule has 5 nitrogen and oxygen atoms in total. The number of anilines is 1. The highest BCUT2D eigenvalue weighted by Gasteiger charge is 2.23. The minimum Gasteiger partial charge on any atom is -0.450 e. The Morgan fingerprint density at radius 3 is 2.39 bits per heavy atom. The van der Waals surface area contributed by atoms with Gasteiger partial charge in [-0.1, -0.05) is 54.1 Å². The van der Waals surface area contributed by atoms with Crippen LogP contribution in [0.4, 0.5) is 10.5 Å². The van der Waals surface area contributed by atoms with Gasteiger partial charge in [-0.25, -0.2) is 4.79 Å². The third-order valence-corrected chi connectivity index (χ3v) is 3.36. The van der Waals surface area contributed by atoms with Gasteiger partial charge in [-0.05, 0) is 19.1 Å². The predicted octanol–water partition coefficient (Wildman–Crippen LogP) is 3.71. The lowest BCUT2D eigenvalue weighted by molar-refractivity contribution is 0.0938. The molecule has 6 heteroatoms. The molecule has 0 unspecified atom stereocenters. The third kappa shape index (κ3) is 4.72. The molecule has 120 valence electrons. The molecule has 0 bridgehead atoms. The third-order valence-electron chi connectivity index (χ3n) is 3.03. The molecule has 0 aromatic heterocycles. The molecule has 0 aliphatic rings. The Morgan fingerprint density at radius 1 is 1.09 bits per heavy atom. The Morgan fingerprint density at radius 2 is 1.74 bits per heavy atom. The maximum atomic E-state index is 12.6. The van der Waals surface area contributed by atoms with Crippen LogP contribution in [0.25, 0.3) is 0 Å². The fourth-order valence-electron chi connectivity index (χ4n) is 1.96. The average Bonchev–Trinajstić information content (AvgIpc) is 2.56. The first-order valence-corrected chi connectivity index (χ1v) is 7.53. The largest absolute Gasteiger partial charge is 0.450 e. The number of carbonyl (C=O) groups excluding carboxylic acids is 2. The molecule has 0 heterocycles. The molecule has 0 aliphatic heterocycles. The van der Waals surface area contributed by atoms with Crippen LogP contribution in [0.15, 0.2) is 54.6 Å². The number of alkyl carbamates (subject to hydrolysis) is 1. The van der Waals surface area contributed by atoms with Crippen molar-refractivity contribution < 1.29 is 14.3 Å². The summed E-state index contributed by atoms with van der Waals surface area (Å²) in [5.41, 5.74) is 1.01. The van der Waals surface area contributed by atoms with Crippen molar-refractivity contribution in [1.29, 1.82) is 0 Å². The second-order valence-electron chi connectivity index (χ2n) is 4.65. The van der Waals surface area contributed by atoms with Gasteiger partial charge in [-0.15, -0.1) is 0 Å². The van der Waals surface area contributed by atoms with E-state index in [1.165, 1.54) is 0 Å². The van der Waals surface area contributed by atoms with Gasteiger partial charge in [0, 0.05) is 5.56 Å². The van der Waals surface area contributed by atoms with Crippen LogP contribution < -0.4 is 10.6 Å². The van der Waals surface area contributed by atoms with Gasteiger partial charge in [0.2, 0.25) is 5.78 Å². The highest BCUT2D eigenvalue weighted by atomic mass is 35.5. The number of nitrogens with one attached hydrogen (secondary N) is 2. The maximum Gasteiger partial charge on any atom is 0.409 e. The number of benzene rings is 2. The zero-order valence-electron chi connectivity index (χ0n) is 12.6. The van der Waals surface area contributed by atoms with E-state index in [0.29, 0.717) is 16.3 Å².